The van der Waals surface area contributed by atoms with Crippen LogP contribution in [-0.2, 0) is 9.53 Å². The molecule has 0 unspecified atom stereocenters. The molecule has 0 aliphatic carbocycles. The lowest BCUT2D eigenvalue weighted by Gasteiger charge is -2.19. The molecule has 1 aromatic carbocycles. The van der Waals surface area contributed by atoms with E-state index in [0.29, 0.717) is 22.3 Å². The number of hydrogen-bond acceptors (Lipinski definition) is 7. The number of carbonyl (C=O) groups is 2. The number of furan rings is 1. The zero-order valence-electron chi connectivity index (χ0n) is 19.2. The third-order valence-electron chi connectivity index (χ3n) is 5.49. The normalized spacial score (nSPS) is 16.5. The van der Waals surface area contributed by atoms with Crippen molar-refractivity contribution in [2.24, 2.45) is 10.1 Å². The number of rotatable bonds is 9. The van der Waals surface area contributed by atoms with Crippen molar-refractivity contribution < 1.29 is 18.7 Å². The first-order valence-corrected chi connectivity index (χ1v) is 12.1. The minimum Gasteiger partial charge on any atom is -0.465 e. The summed E-state index contributed by atoms with van der Waals surface area (Å²) < 4.78 is 10.6. The van der Waals surface area contributed by atoms with Crippen LogP contribution in [0.3, 0.4) is 0 Å². The Balaban J connectivity index is 1.46. The summed E-state index contributed by atoms with van der Waals surface area (Å²) in [5, 5.41) is 15.8. The molecule has 0 saturated carbocycles. The SMILES string of the molecule is CCCCCCCC1=NN2C(=N)/C(=C/c3ccc(-c4ccc(C(=O)OC)cc4)o3)C(=O)N=C2S1. The number of esters is 1. The Kier molecular flexibility index (Phi) is 7.42. The number of thioether (sulfide) groups is 1. The van der Waals surface area contributed by atoms with E-state index < -0.39 is 11.9 Å². The first kappa shape index (κ1) is 23.7. The predicted molar refractivity (Wildman–Crippen MR) is 134 cm³/mol. The molecule has 2 aliphatic heterocycles. The van der Waals surface area contributed by atoms with Crippen molar-refractivity contribution in [3.8, 4) is 11.3 Å². The fourth-order valence-electron chi connectivity index (χ4n) is 3.63. The van der Waals surface area contributed by atoms with E-state index in [1.807, 2.05) is 0 Å². The molecular formula is C25H26N4O4S. The molecule has 0 fully saturated rings. The van der Waals surface area contributed by atoms with Gasteiger partial charge in [-0.1, -0.05) is 44.7 Å². The second-order valence-corrected chi connectivity index (χ2v) is 8.99. The predicted octanol–water partition coefficient (Wildman–Crippen LogP) is 5.71. The van der Waals surface area contributed by atoms with Gasteiger partial charge >= 0.3 is 5.97 Å². The Hall–Kier alpha value is -3.46. The van der Waals surface area contributed by atoms with Gasteiger partial charge in [0, 0.05) is 5.56 Å². The Morgan fingerprint density at radius 3 is 2.65 bits per heavy atom. The molecule has 1 aromatic heterocycles. The molecule has 0 radical (unpaired) electrons. The highest BCUT2D eigenvalue weighted by Crippen LogP contribution is 2.31. The monoisotopic (exact) mass is 478 g/mol. The molecule has 1 N–H and O–H groups in total. The van der Waals surface area contributed by atoms with E-state index in [-0.39, 0.29) is 11.4 Å². The molecule has 0 bridgehead atoms. The highest BCUT2D eigenvalue weighted by molar-refractivity contribution is 8.26. The maximum atomic E-state index is 12.6. The van der Waals surface area contributed by atoms with Crippen molar-refractivity contribution in [3.63, 3.8) is 0 Å². The molecule has 2 aromatic rings. The van der Waals surface area contributed by atoms with E-state index in [1.54, 1.807) is 36.4 Å². The van der Waals surface area contributed by atoms with Crippen LogP contribution in [0.25, 0.3) is 17.4 Å². The van der Waals surface area contributed by atoms with Gasteiger partial charge in [0.25, 0.3) is 5.91 Å². The van der Waals surface area contributed by atoms with E-state index in [0.717, 1.165) is 29.9 Å². The number of amidine groups is 2. The number of ether oxygens (including phenoxy) is 1. The largest absolute Gasteiger partial charge is 0.465 e. The zero-order chi connectivity index (χ0) is 24.1. The number of benzene rings is 1. The standard InChI is InChI=1S/C25H26N4O4S/c1-3-4-5-6-7-8-21-28-29-22(26)19(23(30)27-25(29)34-21)15-18-13-14-20(33-18)16-9-11-17(12-10-16)24(31)32-2/h9-15,26H,3-8H2,1-2H3/b19-15-,26-22?. The van der Waals surface area contributed by atoms with E-state index >= 15 is 0 Å². The van der Waals surface area contributed by atoms with Crippen molar-refractivity contribution in [1.82, 2.24) is 5.01 Å². The van der Waals surface area contributed by atoms with Gasteiger partial charge in [0.1, 0.15) is 16.6 Å². The van der Waals surface area contributed by atoms with Gasteiger partial charge in [0.15, 0.2) is 5.84 Å². The summed E-state index contributed by atoms with van der Waals surface area (Å²) >= 11 is 1.36. The lowest BCUT2D eigenvalue weighted by molar-refractivity contribution is -0.114. The molecule has 4 rings (SSSR count). The van der Waals surface area contributed by atoms with E-state index in [4.69, 9.17) is 14.6 Å². The van der Waals surface area contributed by atoms with Gasteiger partial charge in [-0.15, -0.1) is 0 Å². The van der Waals surface area contributed by atoms with Gasteiger partial charge in [-0.2, -0.15) is 15.1 Å². The van der Waals surface area contributed by atoms with E-state index in [9.17, 15) is 9.59 Å². The third-order valence-corrected chi connectivity index (χ3v) is 6.46. The Morgan fingerprint density at radius 1 is 1.15 bits per heavy atom. The third kappa shape index (κ3) is 5.20. The molecule has 34 heavy (non-hydrogen) atoms. The number of hydrazone groups is 1. The minimum atomic E-state index is -0.483. The number of aliphatic imine (C=N–C) groups is 1. The van der Waals surface area contributed by atoms with Crippen LogP contribution in [0.5, 0.6) is 0 Å². The minimum absolute atomic E-state index is 0.0103. The molecule has 176 valence electrons. The quantitative estimate of drug-likeness (QED) is 0.281. The molecule has 9 heteroatoms. The topological polar surface area (TPSA) is 108 Å². The summed E-state index contributed by atoms with van der Waals surface area (Å²) in [6.45, 7) is 2.19. The molecule has 8 nitrogen and oxygen atoms in total. The van der Waals surface area contributed by atoms with Crippen LogP contribution in [0.4, 0.5) is 0 Å². The number of carbonyl (C=O) groups excluding carboxylic acids is 2. The number of methoxy groups -OCH3 is 1. The van der Waals surface area contributed by atoms with Gasteiger partial charge < -0.3 is 9.15 Å². The van der Waals surface area contributed by atoms with Crippen LogP contribution < -0.4 is 0 Å². The van der Waals surface area contributed by atoms with Crippen molar-refractivity contribution in [2.75, 3.05) is 7.11 Å². The maximum Gasteiger partial charge on any atom is 0.337 e. The van der Waals surface area contributed by atoms with Crippen molar-refractivity contribution in [1.29, 1.82) is 5.41 Å². The van der Waals surface area contributed by atoms with Gasteiger partial charge in [0.05, 0.1) is 18.2 Å². The molecule has 2 aliphatic rings. The first-order valence-electron chi connectivity index (χ1n) is 11.3. The first-order chi connectivity index (χ1) is 16.5. The van der Waals surface area contributed by atoms with Crippen molar-refractivity contribution in [2.45, 2.75) is 45.4 Å². The second-order valence-electron chi connectivity index (χ2n) is 7.95. The molecule has 0 saturated heterocycles. The van der Waals surface area contributed by atoms with E-state index in [1.165, 1.54) is 49.2 Å². The smallest absolute Gasteiger partial charge is 0.337 e. The summed E-state index contributed by atoms with van der Waals surface area (Å²) in [6.07, 6.45) is 8.16. The lowest BCUT2D eigenvalue weighted by atomic mass is 10.1. The number of unbranched alkanes of at least 4 members (excludes halogenated alkanes) is 4. The molecule has 0 atom stereocenters. The number of hydrogen-bond donors (Lipinski definition) is 1. The number of amides is 1. The summed E-state index contributed by atoms with van der Waals surface area (Å²) in [4.78, 5) is 28.4. The average Bonchev–Trinajstić information content (AvgIpc) is 3.48. The molecular weight excluding hydrogens is 452 g/mol. The fourth-order valence-corrected chi connectivity index (χ4v) is 4.56. The van der Waals surface area contributed by atoms with Crippen molar-refractivity contribution >= 4 is 45.8 Å². The van der Waals surface area contributed by atoms with Crippen LogP contribution >= 0.6 is 11.8 Å². The van der Waals surface area contributed by atoms with Crippen molar-refractivity contribution in [3.05, 3.63) is 53.3 Å². The Labute approximate surface area is 202 Å². The summed E-state index contributed by atoms with van der Waals surface area (Å²) in [6, 6.07) is 10.3. The number of nitrogens with one attached hydrogen (secondary N) is 1. The van der Waals surface area contributed by atoms with E-state index in [2.05, 4.69) is 17.0 Å². The average molecular weight is 479 g/mol. The van der Waals surface area contributed by atoms with Gasteiger partial charge in [-0.25, -0.2) is 4.79 Å². The summed E-state index contributed by atoms with van der Waals surface area (Å²) in [5.74, 6) is 0.0913. The summed E-state index contributed by atoms with van der Waals surface area (Å²) in [7, 11) is 1.33. The van der Waals surface area contributed by atoms with Crippen LogP contribution in [-0.4, -0.2) is 40.0 Å². The maximum absolute atomic E-state index is 12.6. The second kappa shape index (κ2) is 10.6. The molecule has 0 spiro atoms. The Bertz CT molecular complexity index is 1190. The molecule has 1 amide bonds. The van der Waals surface area contributed by atoms with Crippen LogP contribution in [0, 0.1) is 5.41 Å². The highest BCUT2D eigenvalue weighted by Gasteiger charge is 2.35. The zero-order valence-corrected chi connectivity index (χ0v) is 20.0. The van der Waals surface area contributed by atoms with Gasteiger partial charge in [-0.05, 0) is 54.9 Å². The Morgan fingerprint density at radius 2 is 1.91 bits per heavy atom. The van der Waals surface area contributed by atoms with Crippen LogP contribution in [0.1, 0.15) is 61.6 Å². The van der Waals surface area contributed by atoms with Gasteiger partial charge in [-0.3, -0.25) is 10.2 Å². The fraction of sp³-hybridized carbons (Fsp3) is 0.320. The highest BCUT2D eigenvalue weighted by atomic mass is 32.2. The molecule has 3 heterocycles. The number of nitrogens with zero attached hydrogens (tertiary/aromatic N) is 3. The van der Waals surface area contributed by atoms with Crippen LogP contribution in [0.15, 0.2) is 56.5 Å². The lowest BCUT2D eigenvalue weighted by Crippen LogP contribution is -2.35. The number of fused-ring (bicyclic) bond motifs is 1. The summed E-state index contributed by atoms with van der Waals surface area (Å²) in [5.41, 5.74) is 1.34. The van der Waals surface area contributed by atoms with Gasteiger partial charge in [0.2, 0.25) is 5.17 Å². The van der Waals surface area contributed by atoms with Crippen LogP contribution in [0.2, 0.25) is 0 Å².